The maximum atomic E-state index is 13.1. The topological polar surface area (TPSA) is 59.5 Å². The number of aromatic nitrogens is 2. The zero-order valence-corrected chi connectivity index (χ0v) is 19.2. The predicted molar refractivity (Wildman–Crippen MR) is 122 cm³/mol. The lowest BCUT2D eigenvalue weighted by atomic mass is 9.91. The summed E-state index contributed by atoms with van der Waals surface area (Å²) in [5.74, 6) is 0. The standard InChI is InChI=1S/C24H25ClF3N3O3/c25-18-3-1-2-16(12-18)23(15-33-10-11-34-23)14-30-8-6-19(7-9-30)31-21-5-4-17(24(26,27)28)13-20(21)29-22(31)32/h1-5,12-13,19H,6-11,14-15H2,(H,29,32). The van der Waals surface area contributed by atoms with Crippen LogP contribution in [0.3, 0.4) is 0 Å². The molecule has 0 aliphatic carbocycles. The first-order valence-electron chi connectivity index (χ1n) is 11.3. The van der Waals surface area contributed by atoms with Crippen molar-refractivity contribution in [1.29, 1.82) is 0 Å². The van der Waals surface area contributed by atoms with E-state index >= 15 is 0 Å². The second-order valence-electron chi connectivity index (χ2n) is 8.94. The highest BCUT2D eigenvalue weighted by Crippen LogP contribution is 2.35. The van der Waals surface area contributed by atoms with Gasteiger partial charge in [0.1, 0.15) is 5.60 Å². The van der Waals surface area contributed by atoms with Crippen LogP contribution in [-0.4, -0.2) is 53.9 Å². The van der Waals surface area contributed by atoms with E-state index < -0.39 is 17.3 Å². The fourth-order valence-electron chi connectivity index (χ4n) is 5.06. The molecule has 0 amide bonds. The number of halogens is 4. The highest BCUT2D eigenvalue weighted by atomic mass is 35.5. The number of H-pyrrole nitrogens is 1. The number of hydrogen-bond acceptors (Lipinski definition) is 4. The molecule has 2 aliphatic heterocycles. The van der Waals surface area contributed by atoms with Crippen molar-refractivity contribution in [2.45, 2.75) is 30.7 Å². The van der Waals surface area contributed by atoms with E-state index in [0.717, 1.165) is 30.8 Å². The van der Waals surface area contributed by atoms with E-state index in [1.165, 1.54) is 6.07 Å². The van der Waals surface area contributed by atoms with Gasteiger partial charge in [0.2, 0.25) is 0 Å². The van der Waals surface area contributed by atoms with E-state index in [1.54, 1.807) is 4.57 Å². The number of nitrogens with zero attached hydrogens (tertiary/aromatic N) is 2. The molecule has 2 fully saturated rings. The van der Waals surface area contributed by atoms with E-state index in [0.29, 0.717) is 49.7 Å². The SMILES string of the molecule is O=c1[nH]c2cc(C(F)(F)F)ccc2n1C1CCN(CC2(c3cccc(Cl)c3)COCCO2)CC1. The molecule has 1 N–H and O–H groups in total. The fraction of sp³-hybridized carbons (Fsp3) is 0.458. The minimum atomic E-state index is -4.46. The summed E-state index contributed by atoms with van der Waals surface area (Å²) in [6, 6.07) is 10.9. The van der Waals surface area contributed by atoms with Crippen molar-refractivity contribution in [3.63, 3.8) is 0 Å². The van der Waals surface area contributed by atoms with Gasteiger partial charge in [0.15, 0.2) is 0 Å². The van der Waals surface area contributed by atoms with Crippen LogP contribution >= 0.6 is 11.6 Å². The van der Waals surface area contributed by atoms with Crippen molar-refractivity contribution in [2.24, 2.45) is 0 Å². The molecular weight excluding hydrogens is 471 g/mol. The second kappa shape index (κ2) is 9.03. The lowest BCUT2D eigenvalue weighted by molar-refractivity contribution is -0.173. The molecule has 3 aromatic rings. The number of alkyl halides is 3. The van der Waals surface area contributed by atoms with Gasteiger partial charge in [0.05, 0.1) is 36.4 Å². The van der Waals surface area contributed by atoms with Gasteiger partial charge in [-0.1, -0.05) is 23.7 Å². The van der Waals surface area contributed by atoms with Crippen LogP contribution in [0.15, 0.2) is 47.3 Å². The van der Waals surface area contributed by atoms with Crippen LogP contribution in [-0.2, 0) is 21.3 Å². The van der Waals surface area contributed by atoms with Crippen LogP contribution in [0.25, 0.3) is 11.0 Å². The number of rotatable bonds is 4. The lowest BCUT2D eigenvalue weighted by Gasteiger charge is -2.43. The number of hydrogen-bond donors (Lipinski definition) is 1. The predicted octanol–water partition coefficient (Wildman–Crippen LogP) is 4.58. The molecule has 0 radical (unpaired) electrons. The van der Waals surface area contributed by atoms with Gasteiger partial charge in [-0.25, -0.2) is 4.79 Å². The highest BCUT2D eigenvalue weighted by molar-refractivity contribution is 6.30. The summed E-state index contributed by atoms with van der Waals surface area (Å²) >= 11 is 6.23. The van der Waals surface area contributed by atoms with Crippen molar-refractivity contribution in [3.05, 3.63) is 69.1 Å². The Bertz CT molecular complexity index is 1230. The first-order valence-corrected chi connectivity index (χ1v) is 11.6. The molecule has 0 saturated carbocycles. The first kappa shape index (κ1) is 23.4. The molecule has 6 nitrogen and oxygen atoms in total. The van der Waals surface area contributed by atoms with Gasteiger partial charge < -0.3 is 14.5 Å². The average molecular weight is 496 g/mol. The molecule has 5 rings (SSSR count). The summed E-state index contributed by atoms with van der Waals surface area (Å²) in [5, 5.41) is 0.636. The van der Waals surface area contributed by atoms with Crippen molar-refractivity contribution in [1.82, 2.24) is 14.5 Å². The van der Waals surface area contributed by atoms with E-state index in [2.05, 4.69) is 9.88 Å². The Morgan fingerprint density at radius 1 is 1.12 bits per heavy atom. The Labute approximate surface area is 199 Å². The number of likely N-dealkylation sites (tertiary alicyclic amines) is 1. The Morgan fingerprint density at radius 2 is 1.91 bits per heavy atom. The monoisotopic (exact) mass is 495 g/mol. The van der Waals surface area contributed by atoms with Gasteiger partial charge in [0, 0.05) is 30.7 Å². The van der Waals surface area contributed by atoms with Crippen LogP contribution in [0.4, 0.5) is 13.2 Å². The van der Waals surface area contributed by atoms with Crippen LogP contribution in [0.2, 0.25) is 5.02 Å². The number of aromatic amines is 1. The van der Waals surface area contributed by atoms with E-state index in [1.807, 2.05) is 24.3 Å². The summed E-state index contributed by atoms with van der Waals surface area (Å²) in [7, 11) is 0. The van der Waals surface area contributed by atoms with E-state index in [4.69, 9.17) is 21.1 Å². The molecule has 182 valence electrons. The Balaban J connectivity index is 1.33. The molecule has 10 heteroatoms. The fourth-order valence-corrected chi connectivity index (χ4v) is 5.25. The third-order valence-electron chi connectivity index (χ3n) is 6.74. The van der Waals surface area contributed by atoms with Gasteiger partial charge in [-0.3, -0.25) is 9.47 Å². The number of nitrogens with one attached hydrogen (secondary N) is 1. The quantitative estimate of drug-likeness (QED) is 0.575. The molecule has 2 aromatic carbocycles. The normalized spacial score (nSPS) is 22.9. The lowest BCUT2D eigenvalue weighted by Crippen LogP contribution is -2.51. The maximum absolute atomic E-state index is 13.1. The van der Waals surface area contributed by atoms with Crippen molar-refractivity contribution in [3.8, 4) is 0 Å². The molecule has 2 saturated heterocycles. The molecule has 0 spiro atoms. The average Bonchev–Trinajstić information content (AvgIpc) is 3.14. The third-order valence-corrected chi connectivity index (χ3v) is 6.97. The summed E-state index contributed by atoms with van der Waals surface area (Å²) < 4.78 is 52.8. The molecular formula is C24H25ClF3N3O3. The second-order valence-corrected chi connectivity index (χ2v) is 9.38. The van der Waals surface area contributed by atoms with Crippen molar-refractivity contribution >= 4 is 22.6 Å². The molecule has 34 heavy (non-hydrogen) atoms. The highest BCUT2D eigenvalue weighted by Gasteiger charge is 2.39. The first-order chi connectivity index (χ1) is 16.2. The van der Waals surface area contributed by atoms with Crippen LogP contribution < -0.4 is 5.69 Å². The smallest absolute Gasteiger partial charge is 0.376 e. The molecule has 3 heterocycles. The van der Waals surface area contributed by atoms with Gasteiger partial charge >= 0.3 is 11.9 Å². The van der Waals surface area contributed by atoms with Gasteiger partial charge in [-0.2, -0.15) is 13.2 Å². The Hall–Kier alpha value is -2.33. The summed E-state index contributed by atoms with van der Waals surface area (Å²) in [6.45, 7) is 3.53. The number of piperidine rings is 1. The number of fused-ring (bicyclic) bond motifs is 1. The van der Waals surface area contributed by atoms with Crippen LogP contribution in [0.5, 0.6) is 0 Å². The molecule has 1 aromatic heterocycles. The maximum Gasteiger partial charge on any atom is 0.416 e. The van der Waals surface area contributed by atoms with Crippen molar-refractivity contribution in [2.75, 3.05) is 39.5 Å². The zero-order valence-electron chi connectivity index (χ0n) is 18.4. The van der Waals surface area contributed by atoms with E-state index in [-0.39, 0.29) is 17.2 Å². The largest absolute Gasteiger partial charge is 0.416 e. The number of benzene rings is 2. The zero-order chi connectivity index (χ0) is 23.9. The summed E-state index contributed by atoms with van der Waals surface area (Å²) in [4.78, 5) is 17.5. The molecule has 2 aliphatic rings. The van der Waals surface area contributed by atoms with Gasteiger partial charge in [-0.15, -0.1) is 0 Å². The third kappa shape index (κ3) is 4.49. The van der Waals surface area contributed by atoms with Crippen molar-refractivity contribution < 1.29 is 22.6 Å². The molecule has 0 bridgehead atoms. The van der Waals surface area contributed by atoms with E-state index in [9.17, 15) is 18.0 Å². The van der Waals surface area contributed by atoms with Crippen LogP contribution in [0.1, 0.15) is 30.0 Å². The Morgan fingerprint density at radius 3 is 2.59 bits per heavy atom. The Kier molecular flexibility index (Phi) is 6.22. The molecule has 1 atom stereocenters. The molecule has 1 unspecified atom stereocenters. The van der Waals surface area contributed by atoms with Crippen LogP contribution in [0, 0.1) is 0 Å². The summed E-state index contributed by atoms with van der Waals surface area (Å²) in [6.07, 6.45) is -3.07. The number of imidazole rings is 1. The van der Waals surface area contributed by atoms with Gasteiger partial charge in [-0.05, 0) is 48.7 Å². The minimum Gasteiger partial charge on any atom is -0.376 e. The van der Waals surface area contributed by atoms with Gasteiger partial charge in [0.25, 0.3) is 0 Å². The summed E-state index contributed by atoms with van der Waals surface area (Å²) in [5.41, 5.74) is -0.112. The number of ether oxygens (including phenoxy) is 2. The minimum absolute atomic E-state index is 0.0973.